The number of fused-ring (bicyclic) bond motifs is 1. The minimum atomic E-state index is -1.33. The number of alkyl halides is 1. The van der Waals surface area contributed by atoms with E-state index in [1.807, 2.05) is 0 Å². The fraction of sp³-hybridized carbons (Fsp3) is 0.483. The molecule has 10 nitrogen and oxygen atoms in total. The summed E-state index contributed by atoms with van der Waals surface area (Å²) < 4.78 is 21.2. The lowest BCUT2D eigenvalue weighted by atomic mass is 9.68. The molecule has 0 unspecified atom stereocenters. The molecular weight excluding hydrogens is 517 g/mol. The van der Waals surface area contributed by atoms with E-state index in [4.69, 9.17) is 4.74 Å². The molecule has 0 spiro atoms. The van der Waals surface area contributed by atoms with E-state index in [1.54, 1.807) is 51.1 Å². The maximum atomic E-state index is 14.8. The number of carbonyl (C=O) groups excluding carboxylic acids is 3. The van der Waals surface area contributed by atoms with Crippen molar-refractivity contribution in [1.82, 2.24) is 19.7 Å². The monoisotopic (exact) mass is 551 g/mol. The van der Waals surface area contributed by atoms with Gasteiger partial charge in [0.25, 0.3) is 0 Å². The maximum absolute atomic E-state index is 14.8. The van der Waals surface area contributed by atoms with E-state index in [1.165, 1.54) is 17.2 Å². The molecule has 2 atom stereocenters. The van der Waals surface area contributed by atoms with E-state index < -0.39 is 35.2 Å². The summed E-state index contributed by atoms with van der Waals surface area (Å²) in [6.07, 6.45) is 3.18. The molecule has 2 aliphatic rings. The van der Waals surface area contributed by atoms with Gasteiger partial charge >= 0.3 is 6.09 Å². The average molecular weight is 552 g/mol. The van der Waals surface area contributed by atoms with Crippen LogP contribution in [-0.2, 0) is 19.7 Å². The van der Waals surface area contributed by atoms with Crippen LogP contribution in [0.1, 0.15) is 64.9 Å². The molecule has 5 rings (SSSR count). The number of carbonyl (C=O) groups is 3. The third-order valence-electron chi connectivity index (χ3n) is 7.59. The first-order valence-electron chi connectivity index (χ1n) is 13.6. The normalized spacial score (nSPS) is 20.9. The highest BCUT2D eigenvalue weighted by Crippen LogP contribution is 2.43. The van der Waals surface area contributed by atoms with Gasteiger partial charge in [-0.15, -0.1) is 0 Å². The second-order valence-corrected chi connectivity index (χ2v) is 11.6. The summed E-state index contributed by atoms with van der Waals surface area (Å²) in [5.74, 6) is -0.496. The average Bonchev–Trinajstić information content (AvgIpc) is 3.51. The second-order valence-electron chi connectivity index (χ2n) is 11.6. The predicted molar refractivity (Wildman–Crippen MR) is 146 cm³/mol. The molecule has 1 aliphatic carbocycles. The summed E-state index contributed by atoms with van der Waals surface area (Å²) in [6.45, 7) is 5.10. The van der Waals surface area contributed by atoms with E-state index >= 15 is 0 Å². The fourth-order valence-electron chi connectivity index (χ4n) is 5.74. The molecule has 3 aromatic rings. The van der Waals surface area contributed by atoms with Gasteiger partial charge in [0.1, 0.15) is 34.9 Å². The number of amides is 2. The van der Waals surface area contributed by atoms with Crippen LogP contribution in [-0.4, -0.2) is 67.0 Å². The molecule has 2 aromatic heterocycles. The highest BCUT2D eigenvalue weighted by Gasteiger charge is 2.49. The van der Waals surface area contributed by atoms with Crippen molar-refractivity contribution in [3.05, 3.63) is 48.2 Å². The fourth-order valence-corrected chi connectivity index (χ4v) is 5.74. The van der Waals surface area contributed by atoms with Gasteiger partial charge < -0.3 is 20.1 Å². The Balaban J connectivity index is 1.37. The van der Waals surface area contributed by atoms with E-state index in [0.717, 1.165) is 29.5 Å². The topological polar surface area (TPSA) is 127 Å². The molecule has 0 radical (unpaired) electrons. The number of anilines is 1. The van der Waals surface area contributed by atoms with Gasteiger partial charge in [-0.3, -0.25) is 9.59 Å². The molecule has 1 saturated heterocycles. The van der Waals surface area contributed by atoms with Crippen LogP contribution in [0.3, 0.4) is 0 Å². The lowest BCUT2D eigenvalue weighted by Gasteiger charge is -2.40. The summed E-state index contributed by atoms with van der Waals surface area (Å²) >= 11 is 0. The second kappa shape index (κ2) is 10.5. The standard InChI is InChI=1S/C29H34FN5O5/c1-28(2,3)40-27(39)35-22-11-12-24(32-21(22)16-31-35)33-25(37)23-15-19(30)17-34(23)26(38)29(13-5-4-6-14-29)18-7-9-20(36)10-8-18/h7-12,16,19,23,36H,4-6,13-15,17H2,1-3H3,(H,32,33,37)/t19-,23-/m1/s1. The van der Waals surface area contributed by atoms with Gasteiger partial charge in [-0.1, -0.05) is 31.4 Å². The van der Waals surface area contributed by atoms with Gasteiger partial charge in [-0.25, -0.2) is 14.2 Å². The van der Waals surface area contributed by atoms with Gasteiger partial charge in [0, 0.05) is 6.42 Å². The Labute approximate surface area is 231 Å². The third kappa shape index (κ3) is 5.37. The highest BCUT2D eigenvalue weighted by atomic mass is 19.1. The van der Waals surface area contributed by atoms with Crippen molar-refractivity contribution in [1.29, 1.82) is 0 Å². The van der Waals surface area contributed by atoms with Crippen LogP contribution < -0.4 is 5.32 Å². The molecule has 2 fully saturated rings. The summed E-state index contributed by atoms with van der Waals surface area (Å²) in [4.78, 5) is 45.8. The Bertz CT molecular complexity index is 1420. The lowest BCUT2D eigenvalue weighted by Crippen LogP contribution is -2.52. The number of phenolic OH excluding ortho intramolecular Hbond substituents is 1. The van der Waals surface area contributed by atoms with Gasteiger partial charge in [0.15, 0.2) is 0 Å². The van der Waals surface area contributed by atoms with Gasteiger partial charge in [0.2, 0.25) is 11.8 Å². The van der Waals surface area contributed by atoms with E-state index in [0.29, 0.717) is 23.9 Å². The van der Waals surface area contributed by atoms with Crippen molar-refractivity contribution in [2.24, 2.45) is 0 Å². The van der Waals surface area contributed by atoms with Crippen LogP contribution in [0.15, 0.2) is 42.6 Å². The summed E-state index contributed by atoms with van der Waals surface area (Å²) in [5.41, 5.74) is -0.0388. The Morgan fingerprint density at radius 3 is 2.45 bits per heavy atom. The number of aromatic nitrogens is 3. The smallest absolute Gasteiger partial charge is 0.435 e. The Kier molecular flexibility index (Phi) is 7.24. The zero-order valence-electron chi connectivity index (χ0n) is 22.9. The van der Waals surface area contributed by atoms with Crippen molar-refractivity contribution < 1.29 is 28.6 Å². The summed E-state index contributed by atoms with van der Waals surface area (Å²) in [5, 5.41) is 16.6. The first kappa shape index (κ1) is 27.5. The van der Waals surface area contributed by atoms with Gasteiger partial charge in [-0.2, -0.15) is 9.78 Å². The predicted octanol–water partition coefficient (Wildman–Crippen LogP) is 4.70. The first-order chi connectivity index (χ1) is 19.0. The molecule has 1 aliphatic heterocycles. The Morgan fingerprint density at radius 2 is 1.77 bits per heavy atom. The number of hydrogen-bond donors (Lipinski definition) is 2. The highest BCUT2D eigenvalue weighted by molar-refractivity contribution is 6.00. The number of aromatic hydroxyl groups is 1. The van der Waals surface area contributed by atoms with Crippen LogP contribution in [0.4, 0.5) is 15.0 Å². The van der Waals surface area contributed by atoms with Crippen molar-refractivity contribution in [3.63, 3.8) is 0 Å². The van der Waals surface area contributed by atoms with Crippen molar-refractivity contribution in [2.45, 2.75) is 82.5 Å². The van der Waals surface area contributed by atoms with E-state index in [9.17, 15) is 23.9 Å². The number of benzene rings is 1. The molecule has 3 heterocycles. The van der Waals surface area contributed by atoms with E-state index in [-0.39, 0.29) is 30.4 Å². The molecule has 1 aromatic carbocycles. The summed E-state index contributed by atoms with van der Waals surface area (Å²) in [7, 11) is 0. The number of ether oxygens (including phenoxy) is 1. The minimum absolute atomic E-state index is 0.102. The Hall–Kier alpha value is -4.02. The number of nitrogens with one attached hydrogen (secondary N) is 1. The number of pyridine rings is 1. The van der Waals surface area contributed by atoms with Crippen LogP contribution in [0.25, 0.3) is 11.0 Å². The molecule has 1 saturated carbocycles. The number of nitrogens with zero attached hydrogens (tertiary/aromatic N) is 4. The number of halogens is 1. The zero-order valence-corrected chi connectivity index (χ0v) is 22.9. The van der Waals surface area contributed by atoms with Gasteiger partial charge in [0.05, 0.1) is 23.7 Å². The number of likely N-dealkylation sites (tertiary alicyclic amines) is 1. The van der Waals surface area contributed by atoms with Crippen LogP contribution in [0, 0.1) is 0 Å². The van der Waals surface area contributed by atoms with Crippen LogP contribution in [0.2, 0.25) is 0 Å². The molecule has 0 bridgehead atoms. The van der Waals surface area contributed by atoms with Crippen molar-refractivity contribution in [3.8, 4) is 5.75 Å². The Morgan fingerprint density at radius 1 is 1.07 bits per heavy atom. The molecule has 2 amide bonds. The van der Waals surface area contributed by atoms with E-state index in [2.05, 4.69) is 15.4 Å². The van der Waals surface area contributed by atoms with Gasteiger partial charge in [-0.05, 0) is 63.4 Å². The maximum Gasteiger partial charge on any atom is 0.435 e. The minimum Gasteiger partial charge on any atom is -0.508 e. The number of hydrogen-bond acceptors (Lipinski definition) is 7. The molecule has 40 heavy (non-hydrogen) atoms. The molecule has 2 N–H and O–H groups in total. The SMILES string of the molecule is CC(C)(C)OC(=O)n1ncc2nc(NC(=O)[C@H]3C[C@@H](F)CN3C(=O)C3(c4ccc(O)cc4)CCCCC3)ccc21. The lowest BCUT2D eigenvalue weighted by molar-refractivity contribution is -0.143. The molecule has 11 heteroatoms. The van der Waals surface area contributed by atoms with Crippen LogP contribution >= 0.6 is 0 Å². The van der Waals surface area contributed by atoms with Crippen LogP contribution in [0.5, 0.6) is 5.75 Å². The van der Waals surface area contributed by atoms with Crippen molar-refractivity contribution in [2.75, 3.05) is 11.9 Å². The first-order valence-corrected chi connectivity index (χ1v) is 13.6. The largest absolute Gasteiger partial charge is 0.508 e. The van der Waals surface area contributed by atoms with Crippen molar-refractivity contribution >= 4 is 34.8 Å². The zero-order chi connectivity index (χ0) is 28.7. The quantitative estimate of drug-likeness (QED) is 0.481. The third-order valence-corrected chi connectivity index (χ3v) is 7.59. The summed E-state index contributed by atoms with van der Waals surface area (Å²) in [6, 6.07) is 8.71. The molecular formula is C29H34FN5O5. The number of rotatable bonds is 4. The molecule has 212 valence electrons. The number of phenols is 1.